The van der Waals surface area contributed by atoms with Gasteiger partial charge in [0.1, 0.15) is 0 Å². The topological polar surface area (TPSA) is 82.1 Å². The fraction of sp³-hybridized carbons (Fsp3) is 0. The van der Waals surface area contributed by atoms with E-state index in [4.69, 9.17) is 4.55 Å². The van der Waals surface area contributed by atoms with Crippen LogP contribution in [0.15, 0.2) is 0 Å². The Morgan fingerprint density at radius 2 is 1.70 bits per heavy atom. The fourth-order valence-electron chi connectivity index (χ4n) is 0.143. The lowest BCUT2D eigenvalue weighted by atomic mass is 10.3. The minimum atomic E-state index is -4.98. The van der Waals surface area contributed by atoms with Gasteiger partial charge in [0.15, 0.2) is 0 Å². The molecule has 0 spiro atoms. The average molecular weight is 178 g/mol. The molecule has 60 valence electrons. The average Bonchev–Trinajstić information content (AvgIpc) is 1.81. The molecule has 6 nitrogen and oxygen atoms in total. The van der Waals surface area contributed by atoms with E-state index in [2.05, 4.69) is 13.8 Å². The van der Waals surface area contributed by atoms with Crippen LogP contribution in [0.5, 0.6) is 0 Å². The summed E-state index contributed by atoms with van der Waals surface area (Å²) in [6.45, 7) is 0. The van der Waals surface area contributed by atoms with Gasteiger partial charge in [0.2, 0.25) is 0 Å². The van der Waals surface area contributed by atoms with E-state index in [0.717, 1.165) is 0 Å². The van der Waals surface area contributed by atoms with Crippen LogP contribution in [0.1, 0.15) is 0 Å². The van der Waals surface area contributed by atoms with Crippen LogP contribution >= 0.6 is 0 Å². The molecule has 0 aromatic carbocycles. The Morgan fingerprint density at radius 1 is 1.30 bits per heavy atom. The summed E-state index contributed by atoms with van der Waals surface area (Å²) in [6, 6.07) is 0. The fourth-order valence-corrected chi connectivity index (χ4v) is 0.401. The maximum atomic E-state index is 10.8. The van der Waals surface area contributed by atoms with E-state index >= 15 is 0 Å². The first-order chi connectivity index (χ1) is 4.49. The molecule has 0 aromatic rings. The highest BCUT2D eigenvalue weighted by molar-refractivity contribution is 7.81. The molecule has 10 heteroatoms. The molecular formula is HBF2O6S. The standard InChI is InChI=1S/BF2HO6S/c2-7-1(8-3)9-10(4,5)6/h(H,4,5,6). The molecule has 0 rings (SSSR count). The molecule has 0 unspecified atom stereocenters. The molecule has 0 heterocycles. The van der Waals surface area contributed by atoms with E-state index in [1.807, 2.05) is 0 Å². The van der Waals surface area contributed by atoms with Crippen molar-refractivity contribution in [2.75, 3.05) is 0 Å². The van der Waals surface area contributed by atoms with Gasteiger partial charge in [-0.1, -0.05) is 9.05 Å². The van der Waals surface area contributed by atoms with Crippen molar-refractivity contribution in [3.05, 3.63) is 0 Å². The lowest BCUT2D eigenvalue weighted by Gasteiger charge is -1.97. The summed E-state index contributed by atoms with van der Waals surface area (Å²) >= 11 is 0. The lowest BCUT2D eigenvalue weighted by Crippen LogP contribution is -2.24. The molecule has 0 amide bonds. The quantitative estimate of drug-likeness (QED) is 0.465. The Bertz CT molecular complexity index is 170. The summed E-state index contributed by atoms with van der Waals surface area (Å²) in [5.74, 6) is 0. The van der Waals surface area contributed by atoms with Crippen molar-refractivity contribution >= 4 is 17.7 Å². The van der Waals surface area contributed by atoms with Crippen molar-refractivity contribution in [3.63, 3.8) is 0 Å². The van der Waals surface area contributed by atoms with Gasteiger partial charge in [0, 0.05) is 0 Å². The van der Waals surface area contributed by atoms with Crippen LogP contribution in [-0.2, 0) is 24.2 Å². The SMILES string of the molecule is O=S(=O)(O)OB(OF)OF. The normalized spacial score (nSPS) is 11.5. The molecule has 1 N–H and O–H groups in total. The maximum Gasteiger partial charge on any atom is 0.721 e. The van der Waals surface area contributed by atoms with Gasteiger partial charge in [0.05, 0.1) is 0 Å². The zero-order chi connectivity index (χ0) is 8.20. The van der Waals surface area contributed by atoms with Crippen LogP contribution < -0.4 is 0 Å². The molecule has 0 saturated heterocycles. The van der Waals surface area contributed by atoms with Gasteiger partial charge >= 0.3 is 17.7 Å². The zero-order valence-corrected chi connectivity index (χ0v) is 5.05. The van der Waals surface area contributed by atoms with E-state index in [1.54, 1.807) is 0 Å². The van der Waals surface area contributed by atoms with Crippen LogP contribution in [0, 0.1) is 0 Å². The summed E-state index contributed by atoms with van der Waals surface area (Å²) in [5.41, 5.74) is 0. The number of hydrogen-bond acceptors (Lipinski definition) is 5. The Hall–Kier alpha value is -0.285. The smallest absolute Gasteiger partial charge is 0.264 e. The van der Waals surface area contributed by atoms with Crippen LogP contribution in [0.4, 0.5) is 9.05 Å². The first-order valence-corrected chi connectivity index (χ1v) is 3.06. The van der Waals surface area contributed by atoms with E-state index in [1.165, 1.54) is 0 Å². The van der Waals surface area contributed by atoms with Crippen molar-refractivity contribution in [2.45, 2.75) is 0 Å². The third kappa shape index (κ3) is 4.58. The molecule has 0 aliphatic rings. The monoisotopic (exact) mass is 178 g/mol. The molecular weight excluding hydrogens is 177 g/mol. The largest absolute Gasteiger partial charge is 0.721 e. The molecule has 0 aliphatic carbocycles. The van der Waals surface area contributed by atoms with Gasteiger partial charge in [-0.05, 0) is 0 Å². The second-order valence-electron chi connectivity index (χ2n) is 0.991. The molecule has 0 fully saturated rings. The molecule has 0 bridgehead atoms. The minimum Gasteiger partial charge on any atom is -0.264 e. The van der Waals surface area contributed by atoms with Gasteiger partial charge in [0.25, 0.3) is 0 Å². The molecule has 0 radical (unpaired) electrons. The van der Waals surface area contributed by atoms with Crippen molar-refractivity contribution in [1.29, 1.82) is 0 Å². The van der Waals surface area contributed by atoms with E-state index in [-0.39, 0.29) is 0 Å². The van der Waals surface area contributed by atoms with Gasteiger partial charge < -0.3 is 0 Å². The molecule has 0 saturated carbocycles. The predicted octanol–water partition coefficient (Wildman–Crippen LogP) is -0.407. The van der Waals surface area contributed by atoms with Crippen molar-refractivity contribution in [3.8, 4) is 0 Å². The highest BCUT2D eigenvalue weighted by Crippen LogP contribution is 1.97. The van der Waals surface area contributed by atoms with E-state index < -0.39 is 17.7 Å². The lowest BCUT2D eigenvalue weighted by molar-refractivity contribution is -0.129. The highest BCUT2D eigenvalue weighted by atomic mass is 32.3. The highest BCUT2D eigenvalue weighted by Gasteiger charge is 2.30. The van der Waals surface area contributed by atoms with Crippen LogP contribution in [0.3, 0.4) is 0 Å². The number of halogens is 2. The van der Waals surface area contributed by atoms with Crippen LogP contribution in [-0.4, -0.2) is 20.3 Å². The van der Waals surface area contributed by atoms with Crippen LogP contribution in [0.2, 0.25) is 0 Å². The maximum absolute atomic E-state index is 10.8. The van der Waals surface area contributed by atoms with Crippen molar-refractivity contribution in [2.24, 2.45) is 0 Å². The predicted molar refractivity (Wildman–Crippen MR) is 22.8 cm³/mol. The first kappa shape index (κ1) is 9.71. The second-order valence-corrected chi connectivity index (χ2v) is 2.04. The van der Waals surface area contributed by atoms with Crippen molar-refractivity contribution < 1.29 is 35.8 Å². The number of hydrogen-bond donors (Lipinski definition) is 1. The van der Waals surface area contributed by atoms with E-state index in [0.29, 0.717) is 0 Å². The van der Waals surface area contributed by atoms with Gasteiger partial charge in [-0.2, -0.15) is 18.1 Å². The zero-order valence-electron chi connectivity index (χ0n) is 4.23. The number of rotatable bonds is 4. The summed E-state index contributed by atoms with van der Waals surface area (Å²) in [4.78, 5) is 4.83. The third-order valence-corrected chi connectivity index (χ3v) is 0.746. The Kier molecular flexibility index (Phi) is 3.67. The third-order valence-electron chi connectivity index (χ3n) is 0.346. The second kappa shape index (κ2) is 3.78. The summed E-state index contributed by atoms with van der Waals surface area (Å²) in [7, 11) is -7.70. The molecule has 10 heavy (non-hydrogen) atoms. The van der Waals surface area contributed by atoms with Gasteiger partial charge in [-0.25, -0.2) is 4.10 Å². The van der Waals surface area contributed by atoms with E-state index in [9.17, 15) is 17.5 Å². The summed E-state index contributed by atoms with van der Waals surface area (Å²) < 4.78 is 51.6. The van der Waals surface area contributed by atoms with Gasteiger partial charge in [-0.15, -0.1) is 0 Å². The summed E-state index contributed by atoms with van der Waals surface area (Å²) in [5, 5.41) is 0. The summed E-state index contributed by atoms with van der Waals surface area (Å²) in [6.07, 6.45) is 0. The molecule has 0 aliphatic heterocycles. The molecule has 0 aromatic heterocycles. The Balaban J connectivity index is 3.87. The van der Waals surface area contributed by atoms with Crippen LogP contribution in [0.25, 0.3) is 0 Å². The Labute approximate surface area is 54.6 Å². The molecule has 0 atom stereocenters. The first-order valence-electron chi connectivity index (χ1n) is 1.70. The minimum absolute atomic E-state index is 2.42. The Morgan fingerprint density at radius 3 is 1.80 bits per heavy atom. The van der Waals surface area contributed by atoms with Gasteiger partial charge in [-0.3, -0.25) is 4.55 Å². The van der Waals surface area contributed by atoms with Crippen molar-refractivity contribution in [1.82, 2.24) is 0 Å².